The summed E-state index contributed by atoms with van der Waals surface area (Å²) in [7, 11) is 0. The maximum Gasteiger partial charge on any atom is 0.169 e. The quantitative estimate of drug-likeness (QED) is 0.801. The molecule has 1 unspecified atom stereocenters. The molecule has 1 atom stereocenters. The van der Waals surface area contributed by atoms with Gasteiger partial charge in [0.05, 0.1) is 5.39 Å². The summed E-state index contributed by atoms with van der Waals surface area (Å²) >= 11 is 0. The first kappa shape index (κ1) is 6.19. The van der Waals surface area contributed by atoms with Crippen LogP contribution in [0.2, 0.25) is 0 Å². The molecular formula is C11H12FNO. The molecule has 2 N–H and O–H groups in total. The lowest BCUT2D eigenvalue weighted by Crippen LogP contribution is -2.17. The first-order valence-corrected chi connectivity index (χ1v) is 4.29. The van der Waals surface area contributed by atoms with Crippen LogP contribution in [0.4, 0.5) is 4.39 Å². The van der Waals surface area contributed by atoms with Crippen LogP contribution in [0.5, 0.6) is 0 Å². The van der Waals surface area contributed by atoms with Crippen molar-refractivity contribution in [3.05, 3.63) is 35.8 Å². The van der Waals surface area contributed by atoms with E-state index in [-0.39, 0.29) is 6.42 Å². The highest BCUT2D eigenvalue weighted by atomic mass is 19.1. The second-order valence-corrected chi connectivity index (χ2v) is 3.22. The number of hydrogen-bond donors (Lipinski definition) is 1. The third-order valence-corrected chi connectivity index (χ3v) is 2.05. The molecule has 2 rings (SSSR count). The molecule has 0 aliphatic carbocycles. The Labute approximate surface area is 85.7 Å². The van der Waals surface area contributed by atoms with E-state index in [1.807, 2.05) is 0 Å². The average molecular weight is 196 g/mol. The van der Waals surface area contributed by atoms with E-state index in [0.717, 1.165) is 6.26 Å². The fraction of sp³-hybridized carbons (Fsp3) is 0.273. The molecule has 2 nitrogen and oxygen atoms in total. The molecular weight excluding hydrogens is 181 g/mol. The molecule has 0 spiro atoms. The van der Waals surface area contributed by atoms with Gasteiger partial charge in [-0.05, 0) is 31.0 Å². The molecule has 74 valence electrons. The van der Waals surface area contributed by atoms with E-state index in [4.69, 9.17) is 14.3 Å². The molecule has 3 heteroatoms. The summed E-state index contributed by atoms with van der Waals surface area (Å²) in [5, 5.41) is 0.347. The van der Waals surface area contributed by atoms with E-state index in [9.17, 15) is 4.39 Å². The highest BCUT2D eigenvalue weighted by Crippen LogP contribution is 2.21. The predicted octanol–water partition coefficient (Wildman–Crippen LogP) is 2.46. The summed E-state index contributed by atoms with van der Waals surface area (Å²) in [6.07, 6.45) is 1.20. The van der Waals surface area contributed by atoms with Crippen LogP contribution in [-0.2, 0) is 6.42 Å². The summed E-state index contributed by atoms with van der Waals surface area (Å²) in [5.74, 6) is -0.454. The standard InChI is InChI=1S/C11H12FNO/c1-7(13)4-8-2-3-11-9(5-8)10(12)6-14-11/h2-3,5-7H,4,13H2,1H3/i1D3. The monoisotopic (exact) mass is 196 g/mol. The van der Waals surface area contributed by atoms with Crippen LogP contribution in [0.1, 0.15) is 16.5 Å². The molecule has 1 heterocycles. The number of halogens is 1. The molecule has 0 fully saturated rings. The second-order valence-electron chi connectivity index (χ2n) is 3.22. The zero-order valence-electron chi connectivity index (χ0n) is 10.5. The van der Waals surface area contributed by atoms with Gasteiger partial charge in [0.15, 0.2) is 5.82 Å². The van der Waals surface area contributed by atoms with Crippen molar-refractivity contribution in [3.63, 3.8) is 0 Å². The Balaban J connectivity index is 2.28. The summed E-state index contributed by atoms with van der Waals surface area (Å²) in [6, 6.07) is 3.92. The topological polar surface area (TPSA) is 39.2 Å². The summed E-state index contributed by atoms with van der Waals surface area (Å²) < 4.78 is 39.8. The highest BCUT2D eigenvalue weighted by Gasteiger charge is 2.06. The number of benzene rings is 1. The van der Waals surface area contributed by atoms with E-state index >= 15 is 0 Å². The number of rotatable bonds is 2. The molecule has 0 saturated carbocycles. The molecule has 1 aromatic carbocycles. The van der Waals surface area contributed by atoms with Gasteiger partial charge in [-0.3, -0.25) is 0 Å². The van der Waals surface area contributed by atoms with E-state index in [1.54, 1.807) is 18.2 Å². The molecule has 1 aromatic heterocycles. The van der Waals surface area contributed by atoms with Gasteiger partial charge >= 0.3 is 0 Å². The maximum atomic E-state index is 13.3. The molecule has 0 radical (unpaired) electrons. The van der Waals surface area contributed by atoms with Gasteiger partial charge in [-0.2, -0.15) is 0 Å². The van der Waals surface area contributed by atoms with Crippen molar-refractivity contribution >= 4 is 11.0 Å². The van der Waals surface area contributed by atoms with Crippen molar-refractivity contribution in [2.24, 2.45) is 5.73 Å². The van der Waals surface area contributed by atoms with Crippen LogP contribution in [0.3, 0.4) is 0 Å². The van der Waals surface area contributed by atoms with E-state index in [2.05, 4.69) is 0 Å². The minimum atomic E-state index is -2.20. The number of fused-ring (bicyclic) bond motifs is 1. The van der Waals surface area contributed by atoms with Crippen LogP contribution < -0.4 is 5.73 Å². The Morgan fingerprint density at radius 1 is 1.64 bits per heavy atom. The molecule has 0 amide bonds. The first-order chi connectivity index (χ1) is 7.88. The van der Waals surface area contributed by atoms with Crippen LogP contribution in [-0.4, -0.2) is 6.04 Å². The smallest absolute Gasteiger partial charge is 0.169 e. The number of hydrogen-bond acceptors (Lipinski definition) is 2. The molecule has 0 aliphatic heterocycles. The molecule has 0 saturated heterocycles. The highest BCUT2D eigenvalue weighted by molar-refractivity contribution is 5.78. The van der Waals surface area contributed by atoms with Crippen molar-refractivity contribution in [3.8, 4) is 0 Å². The van der Waals surface area contributed by atoms with Crippen molar-refractivity contribution in [1.82, 2.24) is 0 Å². The molecule has 0 bridgehead atoms. The Morgan fingerprint density at radius 3 is 3.29 bits per heavy atom. The van der Waals surface area contributed by atoms with Crippen LogP contribution in [0, 0.1) is 5.82 Å². The van der Waals surface area contributed by atoms with Gasteiger partial charge in [-0.15, -0.1) is 0 Å². The van der Waals surface area contributed by atoms with Gasteiger partial charge < -0.3 is 10.2 Å². The zero-order chi connectivity index (χ0) is 12.6. The van der Waals surface area contributed by atoms with E-state index < -0.39 is 18.7 Å². The lowest BCUT2D eigenvalue weighted by Gasteiger charge is -2.04. The Bertz CT molecular complexity index is 535. The molecule has 2 aromatic rings. The van der Waals surface area contributed by atoms with Gasteiger partial charge in [0.25, 0.3) is 0 Å². The van der Waals surface area contributed by atoms with E-state index in [1.165, 1.54) is 0 Å². The van der Waals surface area contributed by atoms with Gasteiger partial charge in [0.2, 0.25) is 0 Å². The van der Waals surface area contributed by atoms with E-state index in [0.29, 0.717) is 16.5 Å². The van der Waals surface area contributed by atoms with Gasteiger partial charge in [0.1, 0.15) is 11.8 Å². The summed E-state index contributed by atoms with van der Waals surface area (Å²) in [6.45, 7) is -2.20. The fourth-order valence-corrected chi connectivity index (χ4v) is 1.43. The van der Waals surface area contributed by atoms with Gasteiger partial charge in [-0.25, -0.2) is 4.39 Å². The zero-order valence-corrected chi connectivity index (χ0v) is 7.46. The average Bonchev–Trinajstić information content (AvgIpc) is 2.59. The minimum absolute atomic E-state index is 0.178. The minimum Gasteiger partial charge on any atom is -0.461 e. The number of nitrogens with two attached hydrogens (primary N) is 1. The second kappa shape index (κ2) is 3.42. The summed E-state index contributed by atoms with van der Waals surface area (Å²) in [5.41, 5.74) is 6.68. The summed E-state index contributed by atoms with van der Waals surface area (Å²) in [4.78, 5) is 0. The van der Waals surface area contributed by atoms with Crippen molar-refractivity contribution < 1.29 is 12.9 Å². The third-order valence-electron chi connectivity index (χ3n) is 2.05. The SMILES string of the molecule is [2H]C([2H])([2H])C(N)Cc1ccc2occ(F)c2c1. The maximum absolute atomic E-state index is 13.3. The fourth-order valence-electron chi connectivity index (χ4n) is 1.43. The largest absolute Gasteiger partial charge is 0.461 e. The van der Waals surface area contributed by atoms with Crippen LogP contribution in [0.15, 0.2) is 28.9 Å². The Morgan fingerprint density at radius 2 is 2.50 bits per heavy atom. The van der Waals surface area contributed by atoms with Crippen molar-refractivity contribution in [1.29, 1.82) is 0 Å². The molecule has 0 aliphatic rings. The first-order valence-electron chi connectivity index (χ1n) is 5.79. The predicted molar refractivity (Wildman–Crippen MR) is 53.5 cm³/mol. The Hall–Kier alpha value is -1.35. The molecule has 14 heavy (non-hydrogen) atoms. The van der Waals surface area contributed by atoms with Crippen LogP contribution in [0.25, 0.3) is 11.0 Å². The van der Waals surface area contributed by atoms with Gasteiger partial charge in [-0.1, -0.05) is 6.07 Å². The lowest BCUT2D eigenvalue weighted by molar-refractivity contribution is 0.558. The van der Waals surface area contributed by atoms with Crippen molar-refractivity contribution in [2.45, 2.75) is 19.3 Å². The number of furan rings is 1. The lowest BCUT2D eigenvalue weighted by atomic mass is 10.1. The normalized spacial score (nSPS) is 17.4. The third kappa shape index (κ3) is 1.63. The van der Waals surface area contributed by atoms with Gasteiger partial charge in [0, 0.05) is 10.2 Å². The Kier molecular flexibility index (Phi) is 1.51. The van der Waals surface area contributed by atoms with Crippen molar-refractivity contribution in [2.75, 3.05) is 0 Å². The van der Waals surface area contributed by atoms with Crippen LogP contribution >= 0.6 is 0 Å².